The molecule has 0 aliphatic heterocycles. The minimum absolute atomic E-state index is 0. The van der Waals surface area contributed by atoms with Gasteiger partial charge in [-0.1, -0.05) is 18.2 Å². The summed E-state index contributed by atoms with van der Waals surface area (Å²) in [5, 5.41) is 12.3. The Morgan fingerprint density at radius 2 is 1.47 bits per heavy atom. The maximum absolute atomic E-state index is 12.4. The molecule has 0 fully saturated rings. The van der Waals surface area contributed by atoms with Crippen LogP contribution in [0, 0.1) is 0 Å². The van der Waals surface area contributed by atoms with Crippen LogP contribution in [0.15, 0.2) is 54.6 Å². The largest absolute Gasteiger partial charge is 1.00 e. The Labute approximate surface area is 227 Å². The normalized spacial score (nSPS) is 11.1. The van der Waals surface area contributed by atoms with Gasteiger partial charge in [-0.15, -0.1) is 0 Å². The second-order valence-corrected chi connectivity index (χ2v) is 7.75. The van der Waals surface area contributed by atoms with E-state index >= 15 is 0 Å². The minimum Gasteiger partial charge on any atom is -0.716 e. The molecule has 3 aromatic carbocycles. The molecule has 0 bridgehead atoms. The summed E-state index contributed by atoms with van der Waals surface area (Å²) < 4.78 is 74.0. The molecule has 15 heteroatoms. The Morgan fingerprint density at radius 3 is 2.03 bits per heavy atom. The fourth-order valence-electron chi connectivity index (χ4n) is 2.65. The van der Waals surface area contributed by atoms with Crippen molar-refractivity contribution < 1.29 is 103 Å². The molecule has 1 amide bonds. The van der Waals surface area contributed by atoms with E-state index in [1.807, 2.05) is 0 Å². The fourth-order valence-corrected chi connectivity index (χ4v) is 3.34. The molecule has 3 rings (SSSR count). The Morgan fingerprint density at radius 1 is 0.875 bits per heavy atom. The van der Waals surface area contributed by atoms with E-state index in [4.69, 9.17) is 0 Å². The third-order valence-electron chi connectivity index (χ3n) is 3.70. The zero-order chi connectivity index (χ0) is 22.1. The molecule has 32 heavy (non-hydrogen) atoms. The van der Waals surface area contributed by atoms with Crippen molar-refractivity contribution in [1.29, 1.82) is 0 Å². The first-order valence-electron chi connectivity index (χ1n) is 7.90. The molecule has 0 heterocycles. The molecule has 0 radical (unpaired) electrons. The topological polar surface area (TPSA) is 182 Å². The number of phenolic OH excluding ortho intramolecular Hbond substituents is 1. The van der Waals surface area contributed by atoms with Gasteiger partial charge in [-0.25, -0.2) is 16.8 Å². The zero-order valence-corrected chi connectivity index (χ0v) is 22.3. The second-order valence-electron chi connectivity index (χ2n) is 5.78. The van der Waals surface area contributed by atoms with Crippen molar-refractivity contribution in [3.05, 3.63) is 60.2 Å². The van der Waals surface area contributed by atoms with Crippen LogP contribution in [0.4, 0.5) is 5.69 Å². The first-order chi connectivity index (χ1) is 13.9. The molecule has 3 aromatic rings. The van der Waals surface area contributed by atoms with Gasteiger partial charge in [0.2, 0.25) is 0 Å². The number of hydrogen-bond acceptors (Lipinski definition) is 10. The monoisotopic (exact) mass is 499 g/mol. The van der Waals surface area contributed by atoms with Gasteiger partial charge in [0.1, 0.15) is 17.2 Å². The average Bonchev–Trinajstić information content (AvgIpc) is 2.61. The third-order valence-corrected chi connectivity index (χ3v) is 4.48. The number of benzene rings is 3. The van der Waals surface area contributed by atoms with Crippen molar-refractivity contribution in [1.82, 2.24) is 0 Å². The van der Waals surface area contributed by atoms with Gasteiger partial charge in [0.05, 0.1) is 11.1 Å². The Kier molecular flexibility index (Phi) is 9.99. The van der Waals surface area contributed by atoms with Crippen LogP contribution in [0.5, 0.6) is 17.2 Å². The zero-order valence-electron chi connectivity index (χ0n) is 16.6. The van der Waals surface area contributed by atoms with Crippen LogP contribution in [0.3, 0.4) is 0 Å². The SMILES string of the molecule is O=C(Nc1ccc(OS(=O)(=O)[O-])c2cc(OS(=O)(=O)[O-])cc(O)c12)c1ccccc1.[Na+].[Na+]. The first kappa shape index (κ1) is 28.6. The molecule has 0 atom stereocenters. The number of phenols is 1. The molecule has 0 aliphatic carbocycles. The van der Waals surface area contributed by atoms with Gasteiger partial charge in [-0.05, 0) is 30.3 Å². The first-order valence-corrected chi connectivity index (χ1v) is 10.6. The Bertz CT molecular complexity index is 1350. The predicted octanol–water partition coefficient (Wildman–Crippen LogP) is -4.52. The summed E-state index contributed by atoms with van der Waals surface area (Å²) in [5.41, 5.74) is 0.244. The van der Waals surface area contributed by atoms with Crippen LogP contribution in [0.2, 0.25) is 0 Å². The molecule has 0 unspecified atom stereocenters. The molecule has 158 valence electrons. The van der Waals surface area contributed by atoms with E-state index < -0.39 is 44.0 Å². The van der Waals surface area contributed by atoms with Crippen molar-refractivity contribution in [3.63, 3.8) is 0 Å². The van der Waals surface area contributed by atoms with Crippen LogP contribution in [0.1, 0.15) is 10.4 Å². The van der Waals surface area contributed by atoms with E-state index in [2.05, 4.69) is 13.7 Å². The molecule has 0 aromatic heterocycles. The summed E-state index contributed by atoms with van der Waals surface area (Å²) >= 11 is 0. The number of fused-ring (bicyclic) bond motifs is 1. The van der Waals surface area contributed by atoms with Crippen molar-refractivity contribution in [2.75, 3.05) is 5.32 Å². The smallest absolute Gasteiger partial charge is 0.716 e. The summed E-state index contributed by atoms with van der Waals surface area (Å²) in [6, 6.07) is 11.7. The summed E-state index contributed by atoms with van der Waals surface area (Å²) in [6.45, 7) is 0. The average molecular weight is 499 g/mol. The number of carbonyl (C=O) groups is 1. The van der Waals surface area contributed by atoms with Crippen LogP contribution in [-0.4, -0.2) is 37.0 Å². The molecular formula is C17H11NNa2O10S2. The summed E-state index contributed by atoms with van der Waals surface area (Å²) in [7, 11) is -10.5. The molecule has 2 N–H and O–H groups in total. The predicted molar refractivity (Wildman–Crippen MR) is 101 cm³/mol. The van der Waals surface area contributed by atoms with Gasteiger partial charge in [0.15, 0.2) is 0 Å². The number of anilines is 1. The maximum atomic E-state index is 12.4. The molecular weight excluding hydrogens is 488 g/mol. The molecule has 0 saturated carbocycles. The fraction of sp³-hybridized carbons (Fsp3) is 0. The van der Waals surface area contributed by atoms with Crippen LogP contribution in [0.25, 0.3) is 10.8 Å². The van der Waals surface area contributed by atoms with Gasteiger partial charge in [0.25, 0.3) is 26.7 Å². The Balaban J connectivity index is 0.00000256. The summed E-state index contributed by atoms with van der Waals surface area (Å²) in [6.07, 6.45) is 0. The van der Waals surface area contributed by atoms with Gasteiger partial charge in [0, 0.05) is 17.0 Å². The minimum atomic E-state index is -5.25. The van der Waals surface area contributed by atoms with Gasteiger partial charge >= 0.3 is 59.1 Å². The van der Waals surface area contributed by atoms with Gasteiger partial charge in [-0.3, -0.25) is 4.79 Å². The van der Waals surface area contributed by atoms with Crippen molar-refractivity contribution in [2.45, 2.75) is 0 Å². The summed E-state index contributed by atoms with van der Waals surface area (Å²) in [5.74, 6) is -2.54. The number of carbonyl (C=O) groups excluding carboxylic acids is 1. The van der Waals surface area contributed by atoms with Crippen molar-refractivity contribution >= 4 is 43.2 Å². The number of rotatable bonds is 6. The number of hydrogen-bond donors (Lipinski definition) is 2. The second kappa shape index (κ2) is 11.2. The van der Waals surface area contributed by atoms with Crippen LogP contribution < -0.4 is 72.8 Å². The quantitative estimate of drug-likeness (QED) is 0.190. The van der Waals surface area contributed by atoms with E-state index in [1.165, 1.54) is 12.1 Å². The number of nitrogens with one attached hydrogen (secondary N) is 1. The van der Waals surface area contributed by atoms with E-state index in [1.54, 1.807) is 18.2 Å². The third kappa shape index (κ3) is 7.59. The van der Waals surface area contributed by atoms with Crippen LogP contribution >= 0.6 is 0 Å². The standard InChI is InChI=1S/C17H13NO10S2.2Na/c19-14-9-11(27-29(21,22)23)8-12-15(28-30(24,25)26)7-6-13(16(12)14)18-17(20)10-4-2-1-3-5-10;;/h1-9,19H,(H,18,20)(H,21,22,23)(H,24,25,26);;/q;2*+1/p-2. The van der Waals surface area contributed by atoms with Crippen molar-refractivity contribution in [2.24, 2.45) is 0 Å². The van der Waals surface area contributed by atoms with Gasteiger partial charge < -0.3 is 27.9 Å². The van der Waals surface area contributed by atoms with E-state index in [0.29, 0.717) is 0 Å². The molecule has 0 saturated heterocycles. The van der Waals surface area contributed by atoms with E-state index in [-0.39, 0.29) is 81.1 Å². The maximum Gasteiger partial charge on any atom is 1.00 e. The summed E-state index contributed by atoms with van der Waals surface area (Å²) in [4.78, 5) is 12.4. The Hall–Kier alpha value is -1.39. The number of amides is 1. The van der Waals surface area contributed by atoms with Crippen LogP contribution in [-0.2, 0) is 20.8 Å². The molecule has 0 aliphatic rings. The number of aromatic hydroxyl groups is 1. The van der Waals surface area contributed by atoms with E-state index in [0.717, 1.165) is 24.3 Å². The van der Waals surface area contributed by atoms with Crippen molar-refractivity contribution in [3.8, 4) is 17.2 Å². The molecule has 11 nitrogen and oxygen atoms in total. The van der Waals surface area contributed by atoms with Gasteiger partial charge in [-0.2, -0.15) is 0 Å². The van der Waals surface area contributed by atoms with E-state index in [9.17, 15) is 35.8 Å². The molecule has 0 spiro atoms.